The molecule has 0 spiro atoms. The Bertz CT molecular complexity index is 1380. The van der Waals surface area contributed by atoms with Crippen LogP contribution in [-0.4, -0.2) is 36.2 Å². The molecule has 9 nitrogen and oxygen atoms in total. The molecule has 3 heterocycles. The SMILES string of the molecule is O=C(NCc1nc(-c2ccncc2)n[nH]1)c1ccc(-c2noc(-c3ccc(F)cc3)n2)cc1. The van der Waals surface area contributed by atoms with E-state index in [1.165, 1.54) is 12.1 Å². The molecule has 0 atom stereocenters. The van der Waals surface area contributed by atoms with Crippen LogP contribution in [0.2, 0.25) is 0 Å². The van der Waals surface area contributed by atoms with Gasteiger partial charge in [-0.1, -0.05) is 17.3 Å². The van der Waals surface area contributed by atoms with Gasteiger partial charge in [0, 0.05) is 34.6 Å². The molecule has 162 valence electrons. The molecule has 33 heavy (non-hydrogen) atoms. The highest BCUT2D eigenvalue weighted by Crippen LogP contribution is 2.22. The highest BCUT2D eigenvalue weighted by Gasteiger charge is 2.13. The van der Waals surface area contributed by atoms with E-state index < -0.39 is 0 Å². The van der Waals surface area contributed by atoms with E-state index in [2.05, 4.69) is 35.6 Å². The van der Waals surface area contributed by atoms with Gasteiger partial charge < -0.3 is 9.84 Å². The zero-order chi connectivity index (χ0) is 22.6. The molecule has 0 saturated heterocycles. The van der Waals surface area contributed by atoms with Crippen molar-refractivity contribution < 1.29 is 13.7 Å². The zero-order valence-electron chi connectivity index (χ0n) is 17.1. The Morgan fingerprint density at radius 1 is 0.879 bits per heavy atom. The third-order valence-corrected chi connectivity index (χ3v) is 4.81. The van der Waals surface area contributed by atoms with Crippen LogP contribution in [0.25, 0.3) is 34.2 Å². The van der Waals surface area contributed by atoms with Gasteiger partial charge in [0.1, 0.15) is 11.6 Å². The maximum absolute atomic E-state index is 13.1. The van der Waals surface area contributed by atoms with Crippen molar-refractivity contribution >= 4 is 5.91 Å². The first-order valence-corrected chi connectivity index (χ1v) is 9.96. The van der Waals surface area contributed by atoms with E-state index in [1.54, 1.807) is 60.9 Å². The van der Waals surface area contributed by atoms with Crippen molar-refractivity contribution in [1.29, 1.82) is 0 Å². The number of H-pyrrole nitrogens is 1. The third kappa shape index (κ3) is 4.49. The molecule has 2 aromatic carbocycles. The maximum Gasteiger partial charge on any atom is 0.258 e. The van der Waals surface area contributed by atoms with Crippen molar-refractivity contribution in [3.8, 4) is 34.2 Å². The van der Waals surface area contributed by atoms with Crippen LogP contribution in [0.15, 0.2) is 77.6 Å². The fraction of sp³-hybridized carbons (Fsp3) is 0.0435. The Hall–Kier alpha value is -4.73. The smallest absolute Gasteiger partial charge is 0.258 e. The minimum Gasteiger partial charge on any atom is -0.345 e. The molecule has 0 fully saturated rings. The van der Waals surface area contributed by atoms with Crippen LogP contribution in [0.1, 0.15) is 16.2 Å². The van der Waals surface area contributed by atoms with E-state index in [-0.39, 0.29) is 24.2 Å². The van der Waals surface area contributed by atoms with E-state index in [9.17, 15) is 9.18 Å². The van der Waals surface area contributed by atoms with Crippen LogP contribution in [0.4, 0.5) is 4.39 Å². The molecule has 1 amide bonds. The average Bonchev–Trinajstić information content (AvgIpc) is 3.54. The molecule has 5 rings (SSSR count). The number of amides is 1. The van der Waals surface area contributed by atoms with E-state index in [1.807, 2.05) is 0 Å². The molecule has 0 radical (unpaired) electrons. The predicted molar refractivity (Wildman–Crippen MR) is 116 cm³/mol. The molecule has 5 aromatic rings. The highest BCUT2D eigenvalue weighted by molar-refractivity contribution is 5.94. The van der Waals surface area contributed by atoms with E-state index in [4.69, 9.17) is 4.52 Å². The van der Waals surface area contributed by atoms with Gasteiger partial charge in [-0.15, -0.1) is 0 Å². The van der Waals surface area contributed by atoms with Crippen LogP contribution < -0.4 is 5.32 Å². The summed E-state index contributed by atoms with van der Waals surface area (Å²) in [6.45, 7) is 0.199. The molecule has 0 aliphatic carbocycles. The summed E-state index contributed by atoms with van der Waals surface area (Å²) >= 11 is 0. The zero-order valence-corrected chi connectivity index (χ0v) is 17.1. The van der Waals surface area contributed by atoms with Crippen molar-refractivity contribution in [2.75, 3.05) is 0 Å². The lowest BCUT2D eigenvalue weighted by atomic mass is 10.1. The summed E-state index contributed by atoms with van der Waals surface area (Å²) in [4.78, 5) is 25.2. The average molecular weight is 441 g/mol. The van der Waals surface area contributed by atoms with Gasteiger partial charge in [-0.3, -0.25) is 14.9 Å². The standard InChI is InChI=1S/C23H16FN7O2/c24-18-7-5-17(6-8-18)23-28-21(31-33-23)14-1-3-16(4-2-14)22(32)26-13-19-27-20(30-29-19)15-9-11-25-12-10-15/h1-12H,13H2,(H,26,32)(H,27,29,30). The van der Waals surface area contributed by atoms with Gasteiger partial charge in [0.05, 0.1) is 6.54 Å². The van der Waals surface area contributed by atoms with Gasteiger partial charge in [0.25, 0.3) is 11.8 Å². The topological polar surface area (TPSA) is 122 Å². The number of nitrogens with zero attached hydrogens (tertiary/aromatic N) is 5. The van der Waals surface area contributed by atoms with Gasteiger partial charge in [-0.2, -0.15) is 10.1 Å². The summed E-state index contributed by atoms with van der Waals surface area (Å²) < 4.78 is 18.4. The fourth-order valence-corrected chi connectivity index (χ4v) is 3.09. The summed E-state index contributed by atoms with van der Waals surface area (Å²) in [5, 5.41) is 13.7. The molecule has 0 bridgehead atoms. The Labute approximate surface area is 186 Å². The molecular weight excluding hydrogens is 425 g/mol. The van der Waals surface area contributed by atoms with Crippen LogP contribution in [0, 0.1) is 5.82 Å². The summed E-state index contributed by atoms with van der Waals surface area (Å²) in [6, 6.07) is 16.2. The lowest BCUT2D eigenvalue weighted by Gasteiger charge is -2.03. The fourth-order valence-electron chi connectivity index (χ4n) is 3.09. The first-order valence-electron chi connectivity index (χ1n) is 9.96. The van der Waals surface area contributed by atoms with E-state index >= 15 is 0 Å². The monoisotopic (exact) mass is 441 g/mol. The maximum atomic E-state index is 13.1. The molecule has 0 unspecified atom stereocenters. The van der Waals surface area contributed by atoms with Crippen LogP contribution in [0.3, 0.4) is 0 Å². The quantitative estimate of drug-likeness (QED) is 0.412. The summed E-state index contributed by atoms with van der Waals surface area (Å²) in [5.41, 5.74) is 2.60. The summed E-state index contributed by atoms with van der Waals surface area (Å²) in [5.74, 6) is 1.11. The number of hydrogen-bond acceptors (Lipinski definition) is 7. The summed E-state index contributed by atoms with van der Waals surface area (Å²) in [6.07, 6.45) is 3.32. The Kier molecular flexibility index (Phi) is 5.38. The van der Waals surface area contributed by atoms with Crippen molar-refractivity contribution in [3.63, 3.8) is 0 Å². The highest BCUT2D eigenvalue weighted by atomic mass is 19.1. The van der Waals surface area contributed by atoms with Crippen LogP contribution >= 0.6 is 0 Å². The molecule has 0 aliphatic heterocycles. The Balaban J connectivity index is 1.22. The van der Waals surface area contributed by atoms with Gasteiger partial charge in [0.2, 0.25) is 5.82 Å². The van der Waals surface area contributed by atoms with Gasteiger partial charge in [-0.05, 0) is 48.5 Å². The number of halogens is 1. The molecule has 0 aliphatic rings. The number of aromatic nitrogens is 6. The minimum atomic E-state index is -0.343. The molecule has 3 aromatic heterocycles. The lowest BCUT2D eigenvalue weighted by molar-refractivity contribution is 0.0950. The van der Waals surface area contributed by atoms with Gasteiger partial charge in [0.15, 0.2) is 5.82 Å². The number of aromatic amines is 1. The predicted octanol–water partition coefficient (Wildman–Crippen LogP) is 3.65. The van der Waals surface area contributed by atoms with Crippen molar-refractivity contribution in [2.45, 2.75) is 6.54 Å². The molecule has 0 saturated carbocycles. The van der Waals surface area contributed by atoms with E-state index in [0.717, 1.165) is 5.56 Å². The second-order valence-electron chi connectivity index (χ2n) is 7.03. The van der Waals surface area contributed by atoms with Crippen LogP contribution in [0.5, 0.6) is 0 Å². The normalized spacial score (nSPS) is 10.8. The second-order valence-corrected chi connectivity index (χ2v) is 7.03. The van der Waals surface area contributed by atoms with Gasteiger partial charge >= 0.3 is 0 Å². The van der Waals surface area contributed by atoms with Crippen molar-refractivity contribution in [1.82, 2.24) is 35.6 Å². The number of carbonyl (C=O) groups excluding carboxylic acids is 1. The number of benzene rings is 2. The third-order valence-electron chi connectivity index (χ3n) is 4.81. The number of hydrogen-bond donors (Lipinski definition) is 2. The molecular formula is C23H16FN7O2. The Morgan fingerprint density at radius 2 is 1.58 bits per heavy atom. The van der Waals surface area contributed by atoms with Crippen LogP contribution in [-0.2, 0) is 6.54 Å². The minimum absolute atomic E-state index is 0.199. The Morgan fingerprint density at radius 3 is 2.33 bits per heavy atom. The first kappa shape index (κ1) is 20.2. The number of carbonyl (C=O) groups is 1. The largest absolute Gasteiger partial charge is 0.345 e. The number of pyridine rings is 1. The second kappa shape index (κ2) is 8.79. The lowest BCUT2D eigenvalue weighted by Crippen LogP contribution is -2.23. The van der Waals surface area contributed by atoms with Gasteiger partial charge in [-0.25, -0.2) is 9.37 Å². The van der Waals surface area contributed by atoms with Crippen molar-refractivity contribution in [3.05, 3.63) is 90.3 Å². The van der Waals surface area contributed by atoms with E-state index in [0.29, 0.717) is 34.2 Å². The molecule has 2 N–H and O–H groups in total. The first-order chi connectivity index (χ1) is 16.2. The number of nitrogens with one attached hydrogen (secondary N) is 2. The van der Waals surface area contributed by atoms with Crippen molar-refractivity contribution in [2.24, 2.45) is 0 Å². The summed E-state index contributed by atoms with van der Waals surface area (Å²) in [7, 11) is 0. The number of rotatable bonds is 6. The molecule has 10 heteroatoms.